The van der Waals surface area contributed by atoms with Crippen LogP contribution in [0.3, 0.4) is 0 Å². The second-order valence-electron chi connectivity index (χ2n) is 0.846. The average molecular weight is 316 g/mol. The van der Waals surface area contributed by atoms with Gasteiger partial charge in [-0.25, -0.2) is 0 Å². The second-order valence-corrected chi connectivity index (χ2v) is 0.846. The fourth-order valence-corrected chi connectivity index (χ4v) is 0.204. The van der Waals surface area contributed by atoms with Crippen molar-refractivity contribution in [3.8, 4) is 0 Å². The third-order valence-electron chi connectivity index (χ3n) is 0.408. The second kappa shape index (κ2) is 168. The summed E-state index contributed by atoms with van der Waals surface area (Å²) in [5.41, 5.74) is 0. The Bertz CT molecular complexity index is 105. The Balaban J connectivity index is -0.00000000972. The van der Waals surface area contributed by atoms with E-state index in [1.54, 1.807) is 0 Å². The first-order valence-electron chi connectivity index (χ1n) is 2.54. The third kappa shape index (κ3) is 255. The van der Waals surface area contributed by atoms with Crippen LogP contribution in [0.5, 0.6) is 0 Å². The van der Waals surface area contributed by atoms with E-state index in [0.29, 0.717) is 0 Å². The molecule has 0 spiro atoms. The number of allylic oxidation sites excluding steroid dienone is 2. The molecular formula is C9H12CoO3Y-2. The minimum Gasteiger partial charge on any atom is -0.358 e. The fraction of sp³-hybridized carbons (Fsp3) is 0.333. The Hall–Kier alpha value is 0.570. The molecule has 0 rings (SSSR count). The van der Waals surface area contributed by atoms with Crippen LogP contribution >= 0.6 is 0 Å². The molecule has 3 nitrogen and oxygen atoms in total. The first kappa shape index (κ1) is 46.8. The Morgan fingerprint density at radius 3 is 1.29 bits per heavy atom. The van der Waals surface area contributed by atoms with E-state index in [0.717, 1.165) is 6.42 Å². The summed E-state index contributed by atoms with van der Waals surface area (Å²) in [6.45, 7) is 17.5. The Morgan fingerprint density at radius 1 is 1.07 bits per heavy atom. The van der Waals surface area contributed by atoms with Crippen LogP contribution < -0.4 is 0 Å². The van der Waals surface area contributed by atoms with Crippen LogP contribution in [0.25, 0.3) is 0 Å². The van der Waals surface area contributed by atoms with Crippen molar-refractivity contribution < 1.29 is 63.4 Å². The molecule has 14 heavy (non-hydrogen) atoms. The van der Waals surface area contributed by atoms with E-state index >= 15 is 0 Å². The molecule has 0 amide bonds. The van der Waals surface area contributed by atoms with Crippen molar-refractivity contribution in [1.29, 1.82) is 0 Å². The van der Waals surface area contributed by atoms with Gasteiger partial charge in [-0.1, -0.05) is 13.8 Å². The SMILES string of the molecule is CC=[C-]CC.[C-]#[O+].[C-]#[O+].[C-]#[O+].[CH3-].[Co].[Y]. The predicted molar refractivity (Wildman–Crippen MR) is 42.0 cm³/mol. The molecule has 0 saturated heterocycles. The summed E-state index contributed by atoms with van der Waals surface area (Å²) in [4.78, 5) is 0. The standard InChI is InChI=1S/C5H9.3CO.CH3.Co.Y/c1-3-5-4-2;3*1-2;;;/h3H,4H2,1-2H3;;;;1H3;;/q-1;;;;-1;;. The van der Waals surface area contributed by atoms with Gasteiger partial charge >= 0.3 is 33.9 Å². The van der Waals surface area contributed by atoms with Gasteiger partial charge in [0, 0.05) is 49.5 Å². The first-order valence-corrected chi connectivity index (χ1v) is 2.54. The summed E-state index contributed by atoms with van der Waals surface area (Å²) < 4.78 is 22.5. The predicted octanol–water partition coefficient (Wildman–Crippen LogP) is 2.11. The van der Waals surface area contributed by atoms with Gasteiger partial charge in [-0.05, 0) is 0 Å². The molecule has 0 aliphatic carbocycles. The van der Waals surface area contributed by atoms with Crippen LogP contribution in [-0.4, -0.2) is 0 Å². The van der Waals surface area contributed by atoms with Gasteiger partial charge in [0.25, 0.3) is 0 Å². The Morgan fingerprint density at radius 2 is 1.29 bits per heavy atom. The molecule has 0 saturated carbocycles. The average Bonchev–Trinajstić information content (AvgIpc) is 2.16. The molecule has 5 heteroatoms. The number of hydrogen-bond donors (Lipinski definition) is 0. The molecule has 0 N–H and O–H groups in total. The van der Waals surface area contributed by atoms with Gasteiger partial charge in [0.15, 0.2) is 0 Å². The Kier molecular flexibility index (Phi) is 563. The zero-order valence-electron chi connectivity index (χ0n) is 8.42. The molecule has 0 atom stereocenters. The van der Waals surface area contributed by atoms with Crippen LogP contribution in [0.15, 0.2) is 6.08 Å². The summed E-state index contributed by atoms with van der Waals surface area (Å²) in [6.07, 6.45) is 5.95. The van der Waals surface area contributed by atoms with Crippen LogP contribution in [-0.2, 0) is 63.4 Å². The summed E-state index contributed by atoms with van der Waals surface area (Å²) in [5.74, 6) is 0. The van der Waals surface area contributed by atoms with E-state index in [9.17, 15) is 0 Å². The molecule has 0 aliphatic rings. The van der Waals surface area contributed by atoms with E-state index in [1.165, 1.54) is 0 Å². The topological polar surface area (TPSA) is 59.7 Å². The van der Waals surface area contributed by atoms with E-state index in [4.69, 9.17) is 14.0 Å². The molecule has 0 aromatic carbocycles. The van der Waals surface area contributed by atoms with Crippen molar-refractivity contribution in [2.24, 2.45) is 0 Å². The van der Waals surface area contributed by atoms with Gasteiger partial charge in [0.1, 0.15) is 0 Å². The van der Waals surface area contributed by atoms with Gasteiger partial charge in [-0.15, -0.1) is 0 Å². The molecule has 0 aromatic heterocycles. The molecule has 80 valence electrons. The molecule has 0 aliphatic heterocycles. The quantitative estimate of drug-likeness (QED) is 0.525. The molecule has 0 heterocycles. The zero-order valence-corrected chi connectivity index (χ0v) is 12.3. The largest absolute Gasteiger partial charge is 0.358 e. The molecule has 0 unspecified atom stereocenters. The van der Waals surface area contributed by atoms with E-state index < -0.39 is 0 Å². The van der Waals surface area contributed by atoms with Gasteiger partial charge in [0.2, 0.25) is 0 Å². The monoisotopic (exact) mass is 316 g/mol. The maximum atomic E-state index is 7.50. The molecule has 0 aromatic rings. The van der Waals surface area contributed by atoms with Crippen molar-refractivity contribution in [3.63, 3.8) is 0 Å². The van der Waals surface area contributed by atoms with Crippen molar-refractivity contribution >= 4 is 0 Å². The van der Waals surface area contributed by atoms with Crippen LogP contribution in [0.1, 0.15) is 20.3 Å². The summed E-state index contributed by atoms with van der Waals surface area (Å²) in [7, 11) is 0. The molecule has 0 bridgehead atoms. The van der Waals surface area contributed by atoms with Gasteiger partial charge in [-0.3, -0.25) is 6.08 Å². The zero-order chi connectivity index (χ0) is 10.1. The van der Waals surface area contributed by atoms with E-state index in [2.05, 4.69) is 33.0 Å². The molecular weight excluding hydrogens is 304 g/mol. The van der Waals surface area contributed by atoms with Crippen molar-refractivity contribution in [1.82, 2.24) is 0 Å². The normalized spacial score (nSPS) is 4.00. The fourth-order valence-electron chi connectivity index (χ4n) is 0.204. The van der Waals surface area contributed by atoms with E-state index in [-0.39, 0.29) is 56.9 Å². The third-order valence-corrected chi connectivity index (χ3v) is 0.408. The number of rotatable bonds is 1. The molecule has 0 fully saturated rings. The van der Waals surface area contributed by atoms with Crippen molar-refractivity contribution in [3.05, 3.63) is 39.5 Å². The summed E-state index contributed by atoms with van der Waals surface area (Å²) in [5, 5.41) is 0. The maximum absolute atomic E-state index is 7.50. The minimum absolute atomic E-state index is 0. The summed E-state index contributed by atoms with van der Waals surface area (Å²) in [6, 6.07) is 0. The molecule has 2 radical (unpaired) electrons. The van der Waals surface area contributed by atoms with Crippen molar-refractivity contribution in [2.75, 3.05) is 0 Å². The first-order chi connectivity index (χ1) is 5.41. The Labute approximate surface area is 122 Å². The van der Waals surface area contributed by atoms with Crippen molar-refractivity contribution in [2.45, 2.75) is 20.3 Å². The van der Waals surface area contributed by atoms with Gasteiger partial charge < -0.3 is 13.5 Å². The van der Waals surface area contributed by atoms with Crippen LogP contribution in [0.2, 0.25) is 0 Å². The van der Waals surface area contributed by atoms with Crippen LogP contribution in [0.4, 0.5) is 0 Å². The maximum Gasteiger partial charge on any atom is 0 e. The smallest absolute Gasteiger partial charge is 0 e. The van der Waals surface area contributed by atoms with Gasteiger partial charge in [-0.2, -0.15) is 6.42 Å². The van der Waals surface area contributed by atoms with Gasteiger partial charge in [0.05, 0.1) is 0 Å². The number of hydrogen-bond acceptors (Lipinski definition) is 0. The van der Waals surface area contributed by atoms with Crippen LogP contribution in [0, 0.1) is 33.5 Å². The minimum atomic E-state index is 0. The van der Waals surface area contributed by atoms with E-state index in [1.807, 2.05) is 13.0 Å². The summed E-state index contributed by atoms with van der Waals surface area (Å²) >= 11 is 0.